The molecule has 0 radical (unpaired) electrons. The van der Waals surface area contributed by atoms with Gasteiger partial charge in [-0.3, -0.25) is 0 Å². The Balaban J connectivity index is 0.000000335. The maximum atomic E-state index is 12.2. The van der Waals surface area contributed by atoms with Crippen LogP contribution in [0.15, 0.2) is 71.6 Å². The maximum absolute atomic E-state index is 12.2. The van der Waals surface area contributed by atoms with E-state index in [1.807, 2.05) is 56.3 Å². The molecule has 0 aliphatic rings. The van der Waals surface area contributed by atoms with Gasteiger partial charge in [-0.15, -0.1) is 0 Å². The lowest BCUT2D eigenvalue weighted by Gasteiger charge is -2.20. The van der Waals surface area contributed by atoms with Crippen molar-refractivity contribution in [3.05, 3.63) is 66.7 Å². The standard InChI is InChI=1S/C12H19NO2S.C6H6/c1-3-10-13(11-4-2)16(14,15)12-8-6-5-7-9-12;1-2-4-6-5-3-1/h5-9H,3-4,10-11H2,1-2H3;1-6H. The Morgan fingerprint density at radius 2 is 1.09 bits per heavy atom. The third kappa shape index (κ3) is 6.00. The van der Waals surface area contributed by atoms with E-state index in [1.54, 1.807) is 28.6 Å². The lowest BCUT2D eigenvalue weighted by atomic mass is 10.4. The lowest BCUT2D eigenvalue weighted by molar-refractivity contribution is 0.410. The van der Waals surface area contributed by atoms with Crippen molar-refractivity contribution in [3.8, 4) is 0 Å². The van der Waals surface area contributed by atoms with E-state index in [9.17, 15) is 8.42 Å². The molecule has 0 N–H and O–H groups in total. The highest BCUT2D eigenvalue weighted by atomic mass is 32.2. The van der Waals surface area contributed by atoms with Gasteiger partial charge in [0.15, 0.2) is 0 Å². The van der Waals surface area contributed by atoms with Crippen molar-refractivity contribution in [3.63, 3.8) is 0 Å². The summed E-state index contributed by atoms with van der Waals surface area (Å²) in [6.45, 7) is 5.16. The van der Waals surface area contributed by atoms with E-state index in [2.05, 4.69) is 0 Å². The van der Waals surface area contributed by atoms with Crippen molar-refractivity contribution in [2.24, 2.45) is 0 Å². The molecule has 2 rings (SSSR count). The van der Waals surface area contributed by atoms with Gasteiger partial charge in [0.2, 0.25) is 10.0 Å². The monoisotopic (exact) mass is 319 g/mol. The Morgan fingerprint density at radius 3 is 1.45 bits per heavy atom. The van der Waals surface area contributed by atoms with Gasteiger partial charge in [0.25, 0.3) is 0 Å². The Bertz CT molecular complexity index is 565. The van der Waals surface area contributed by atoms with Crippen molar-refractivity contribution in [2.45, 2.75) is 31.6 Å². The molecule has 4 heteroatoms. The van der Waals surface area contributed by atoms with Crippen molar-refractivity contribution in [1.82, 2.24) is 4.31 Å². The van der Waals surface area contributed by atoms with Crippen LogP contribution in [-0.4, -0.2) is 25.8 Å². The Morgan fingerprint density at radius 1 is 0.727 bits per heavy atom. The van der Waals surface area contributed by atoms with Crippen molar-refractivity contribution in [2.75, 3.05) is 13.1 Å². The maximum Gasteiger partial charge on any atom is 0.243 e. The summed E-state index contributed by atoms with van der Waals surface area (Å²) in [5.74, 6) is 0. The molecule has 0 aliphatic heterocycles. The summed E-state index contributed by atoms with van der Waals surface area (Å²) in [4.78, 5) is 0.386. The van der Waals surface area contributed by atoms with Gasteiger partial charge in [0, 0.05) is 13.1 Å². The predicted octanol–water partition coefficient (Wildman–Crippen LogP) is 4.18. The molecule has 0 amide bonds. The molecule has 0 aromatic heterocycles. The van der Waals surface area contributed by atoms with Crippen LogP contribution in [-0.2, 0) is 10.0 Å². The largest absolute Gasteiger partial charge is 0.243 e. The molecule has 0 bridgehead atoms. The molecule has 3 nitrogen and oxygen atoms in total. The number of benzene rings is 2. The van der Waals surface area contributed by atoms with Crippen LogP contribution in [0.4, 0.5) is 0 Å². The average Bonchev–Trinajstić information content (AvgIpc) is 2.57. The second-order valence-corrected chi connectivity index (χ2v) is 6.81. The molecule has 0 saturated heterocycles. The molecule has 0 atom stereocenters. The van der Waals surface area contributed by atoms with Crippen LogP contribution in [0.25, 0.3) is 0 Å². The number of sulfonamides is 1. The summed E-state index contributed by atoms with van der Waals surface area (Å²) in [6, 6.07) is 20.6. The van der Waals surface area contributed by atoms with Crippen LogP contribution >= 0.6 is 0 Å². The number of hydrogen-bond donors (Lipinski definition) is 0. The molecule has 2 aromatic rings. The highest BCUT2D eigenvalue weighted by Gasteiger charge is 2.22. The van der Waals surface area contributed by atoms with E-state index in [4.69, 9.17) is 0 Å². The lowest BCUT2D eigenvalue weighted by Crippen LogP contribution is -2.32. The molecule has 0 heterocycles. The average molecular weight is 319 g/mol. The summed E-state index contributed by atoms with van der Waals surface area (Å²) in [5.41, 5.74) is 0. The Hall–Kier alpha value is -1.65. The molecule has 2 aromatic carbocycles. The quantitative estimate of drug-likeness (QED) is 0.801. The SMILES string of the molecule is CCCN(CCC)S(=O)(=O)c1ccccc1.c1ccccc1. The van der Waals surface area contributed by atoms with Crippen LogP contribution in [0.2, 0.25) is 0 Å². The predicted molar refractivity (Wildman–Crippen MR) is 92.2 cm³/mol. The first-order valence-electron chi connectivity index (χ1n) is 7.68. The molecule has 0 fully saturated rings. The fourth-order valence-electron chi connectivity index (χ4n) is 1.98. The molecule has 22 heavy (non-hydrogen) atoms. The second kappa shape index (κ2) is 10.1. The first kappa shape index (κ1) is 18.4. The molecular weight excluding hydrogens is 294 g/mol. The molecule has 120 valence electrons. The van der Waals surface area contributed by atoms with E-state index >= 15 is 0 Å². The van der Waals surface area contributed by atoms with E-state index in [1.165, 1.54) is 0 Å². The molecule has 0 unspecified atom stereocenters. The Kier molecular flexibility index (Phi) is 8.48. The second-order valence-electron chi connectivity index (χ2n) is 4.87. The van der Waals surface area contributed by atoms with E-state index < -0.39 is 10.0 Å². The summed E-state index contributed by atoms with van der Waals surface area (Å²) in [7, 11) is -3.29. The minimum atomic E-state index is -3.29. The van der Waals surface area contributed by atoms with Crippen LogP contribution in [0.1, 0.15) is 26.7 Å². The van der Waals surface area contributed by atoms with Gasteiger partial charge in [-0.2, -0.15) is 4.31 Å². The normalized spacial score (nSPS) is 10.9. The number of rotatable bonds is 6. The molecule has 0 saturated carbocycles. The van der Waals surface area contributed by atoms with Gasteiger partial charge in [0.05, 0.1) is 4.90 Å². The van der Waals surface area contributed by atoms with Gasteiger partial charge in [0.1, 0.15) is 0 Å². The Labute approximate surface area is 134 Å². The third-order valence-corrected chi connectivity index (χ3v) is 4.91. The first-order chi connectivity index (χ1) is 10.6. The first-order valence-corrected chi connectivity index (χ1v) is 9.12. The summed E-state index contributed by atoms with van der Waals surface area (Å²) in [6.07, 6.45) is 1.68. The van der Waals surface area contributed by atoms with Crippen LogP contribution in [0.3, 0.4) is 0 Å². The fourth-order valence-corrected chi connectivity index (χ4v) is 3.62. The third-order valence-electron chi connectivity index (χ3n) is 2.99. The van der Waals surface area contributed by atoms with Crippen LogP contribution < -0.4 is 0 Å². The van der Waals surface area contributed by atoms with E-state index in [-0.39, 0.29) is 0 Å². The summed E-state index contributed by atoms with van der Waals surface area (Å²) >= 11 is 0. The topological polar surface area (TPSA) is 37.4 Å². The van der Waals surface area contributed by atoms with Gasteiger partial charge in [-0.25, -0.2) is 8.42 Å². The van der Waals surface area contributed by atoms with Crippen LogP contribution in [0.5, 0.6) is 0 Å². The van der Waals surface area contributed by atoms with E-state index in [0.29, 0.717) is 18.0 Å². The van der Waals surface area contributed by atoms with Crippen molar-refractivity contribution < 1.29 is 8.42 Å². The minimum Gasteiger partial charge on any atom is -0.207 e. The van der Waals surface area contributed by atoms with Gasteiger partial charge >= 0.3 is 0 Å². The molecule has 0 spiro atoms. The van der Waals surface area contributed by atoms with Gasteiger partial charge < -0.3 is 0 Å². The zero-order chi connectivity index (χ0) is 16.3. The molecule has 0 aliphatic carbocycles. The van der Waals surface area contributed by atoms with Crippen molar-refractivity contribution >= 4 is 10.0 Å². The highest BCUT2D eigenvalue weighted by molar-refractivity contribution is 7.89. The zero-order valence-corrected chi connectivity index (χ0v) is 14.2. The fraction of sp³-hybridized carbons (Fsp3) is 0.333. The smallest absolute Gasteiger partial charge is 0.207 e. The van der Waals surface area contributed by atoms with Crippen molar-refractivity contribution in [1.29, 1.82) is 0 Å². The highest BCUT2D eigenvalue weighted by Crippen LogP contribution is 2.15. The summed E-state index contributed by atoms with van der Waals surface area (Å²) < 4.78 is 26.0. The number of nitrogens with zero attached hydrogens (tertiary/aromatic N) is 1. The number of hydrogen-bond acceptors (Lipinski definition) is 2. The zero-order valence-electron chi connectivity index (χ0n) is 13.4. The van der Waals surface area contributed by atoms with Gasteiger partial charge in [-0.05, 0) is 25.0 Å². The van der Waals surface area contributed by atoms with E-state index in [0.717, 1.165) is 12.8 Å². The summed E-state index contributed by atoms with van der Waals surface area (Å²) in [5, 5.41) is 0. The van der Waals surface area contributed by atoms with Gasteiger partial charge in [-0.1, -0.05) is 68.4 Å². The van der Waals surface area contributed by atoms with Crippen LogP contribution in [0, 0.1) is 0 Å². The minimum absolute atomic E-state index is 0.386. The molecular formula is C18H25NO2S.